The summed E-state index contributed by atoms with van der Waals surface area (Å²) in [6, 6.07) is 7.37. The van der Waals surface area contributed by atoms with E-state index in [9.17, 15) is 9.59 Å². The average Bonchev–Trinajstić information content (AvgIpc) is 3.39. The van der Waals surface area contributed by atoms with Crippen molar-refractivity contribution in [2.24, 2.45) is 7.05 Å². The monoisotopic (exact) mass is 490 g/mol. The summed E-state index contributed by atoms with van der Waals surface area (Å²) >= 11 is 0. The Labute approximate surface area is 208 Å². The maximum Gasteiger partial charge on any atom is 0.410 e. The van der Waals surface area contributed by atoms with Crippen molar-refractivity contribution in [1.29, 1.82) is 0 Å². The zero-order valence-electron chi connectivity index (χ0n) is 21.1. The molecule has 1 aromatic carbocycles. The van der Waals surface area contributed by atoms with Gasteiger partial charge in [0.25, 0.3) is 5.91 Å². The predicted octanol–water partition coefficient (Wildman–Crippen LogP) is 3.23. The van der Waals surface area contributed by atoms with Gasteiger partial charge in [0.1, 0.15) is 16.9 Å². The summed E-state index contributed by atoms with van der Waals surface area (Å²) in [5.74, 6) is 0.495. The molecule has 0 saturated carbocycles. The third-order valence-corrected chi connectivity index (χ3v) is 6.12. The molecule has 5 rings (SSSR count). The number of carbonyl (C=O) groups is 2. The molecule has 11 heteroatoms. The number of hydrogen-bond acceptors (Lipinski definition) is 7. The molecule has 0 atom stereocenters. The van der Waals surface area contributed by atoms with Gasteiger partial charge in [-0.05, 0) is 52.0 Å². The van der Waals surface area contributed by atoms with Crippen molar-refractivity contribution < 1.29 is 14.3 Å². The molecule has 0 spiro atoms. The number of anilines is 2. The van der Waals surface area contributed by atoms with Crippen LogP contribution in [0.5, 0.6) is 0 Å². The third-order valence-electron chi connectivity index (χ3n) is 6.12. The number of hydrogen-bond donors (Lipinski definition) is 1. The summed E-state index contributed by atoms with van der Waals surface area (Å²) in [6.07, 6.45) is 3.44. The molecule has 1 aliphatic heterocycles. The van der Waals surface area contributed by atoms with Crippen LogP contribution in [-0.4, -0.2) is 73.1 Å². The number of aryl methyl sites for hydroxylation is 2. The molecule has 0 unspecified atom stereocenters. The topological polar surface area (TPSA) is 110 Å². The number of piperazine rings is 1. The number of ether oxygens (including phenoxy) is 1. The van der Waals surface area contributed by atoms with Gasteiger partial charge in [-0.2, -0.15) is 5.10 Å². The van der Waals surface area contributed by atoms with E-state index in [1.165, 1.54) is 0 Å². The normalized spacial score (nSPS) is 14.5. The maximum atomic E-state index is 13.2. The Morgan fingerprint density at radius 1 is 1.00 bits per heavy atom. The minimum Gasteiger partial charge on any atom is -0.444 e. The lowest BCUT2D eigenvalue weighted by atomic mass is 10.1. The first-order valence-corrected chi connectivity index (χ1v) is 11.9. The summed E-state index contributed by atoms with van der Waals surface area (Å²) in [5, 5.41) is 16.6. The van der Waals surface area contributed by atoms with Crippen molar-refractivity contribution in [2.75, 3.05) is 36.4 Å². The van der Waals surface area contributed by atoms with Crippen LogP contribution < -0.4 is 10.2 Å². The second-order valence-corrected chi connectivity index (χ2v) is 10.00. The Morgan fingerprint density at radius 3 is 2.47 bits per heavy atom. The molecule has 4 heterocycles. The lowest BCUT2D eigenvalue weighted by Crippen LogP contribution is -2.50. The Balaban J connectivity index is 1.36. The van der Waals surface area contributed by atoms with E-state index in [2.05, 4.69) is 25.5 Å². The number of nitrogens with zero attached hydrogens (tertiary/aromatic N) is 7. The van der Waals surface area contributed by atoms with Gasteiger partial charge in [-0.1, -0.05) is 0 Å². The first-order chi connectivity index (χ1) is 17.1. The van der Waals surface area contributed by atoms with Gasteiger partial charge in [0, 0.05) is 56.7 Å². The molecule has 1 aliphatic rings. The Kier molecular flexibility index (Phi) is 5.77. The molecule has 4 aromatic rings. The van der Waals surface area contributed by atoms with E-state index in [1.54, 1.807) is 21.8 Å². The number of benzene rings is 1. The highest BCUT2D eigenvalue weighted by Gasteiger charge is 2.27. The molecule has 11 nitrogen and oxygen atoms in total. The minimum absolute atomic E-state index is 0.245. The predicted molar refractivity (Wildman–Crippen MR) is 136 cm³/mol. The van der Waals surface area contributed by atoms with Crippen molar-refractivity contribution in [2.45, 2.75) is 33.3 Å². The van der Waals surface area contributed by atoms with Gasteiger partial charge in [-0.25, -0.2) is 4.79 Å². The van der Waals surface area contributed by atoms with Crippen LogP contribution in [0.3, 0.4) is 0 Å². The fraction of sp³-hybridized carbons (Fsp3) is 0.400. The first kappa shape index (κ1) is 23.6. The smallest absolute Gasteiger partial charge is 0.410 e. The SMILES string of the molecule is Cc1nnc2ccc(NC(=O)c3ccc(N4CCN(C(=O)OC(C)(C)C)CC4)c4cn(C)nc34)cn12. The number of nitrogens with one attached hydrogen (secondary N) is 1. The van der Waals surface area contributed by atoms with Gasteiger partial charge >= 0.3 is 6.09 Å². The van der Waals surface area contributed by atoms with E-state index in [0.717, 1.165) is 16.9 Å². The van der Waals surface area contributed by atoms with Crippen LogP contribution in [0.15, 0.2) is 36.7 Å². The molecule has 188 valence electrons. The van der Waals surface area contributed by atoms with E-state index in [0.29, 0.717) is 48.6 Å². The fourth-order valence-corrected chi connectivity index (χ4v) is 4.40. The molecule has 1 fully saturated rings. The Bertz CT molecular complexity index is 1460. The van der Waals surface area contributed by atoms with E-state index in [1.807, 2.05) is 63.5 Å². The number of aromatic nitrogens is 5. The van der Waals surface area contributed by atoms with E-state index in [4.69, 9.17) is 4.74 Å². The fourth-order valence-electron chi connectivity index (χ4n) is 4.40. The number of pyridine rings is 1. The largest absolute Gasteiger partial charge is 0.444 e. The minimum atomic E-state index is -0.521. The van der Waals surface area contributed by atoms with Crippen LogP contribution in [0.4, 0.5) is 16.2 Å². The summed E-state index contributed by atoms with van der Waals surface area (Å²) in [6.45, 7) is 9.90. The van der Waals surface area contributed by atoms with Crippen LogP contribution in [0.25, 0.3) is 16.6 Å². The van der Waals surface area contributed by atoms with Gasteiger partial charge in [-0.15, -0.1) is 10.2 Å². The Morgan fingerprint density at radius 2 is 1.75 bits per heavy atom. The maximum absolute atomic E-state index is 13.2. The second-order valence-electron chi connectivity index (χ2n) is 10.00. The zero-order valence-corrected chi connectivity index (χ0v) is 21.1. The molecule has 36 heavy (non-hydrogen) atoms. The summed E-state index contributed by atoms with van der Waals surface area (Å²) in [7, 11) is 1.84. The standard InChI is InChI=1S/C25H30N8O3/c1-16-27-28-21-9-6-17(14-33(16)21)26-23(34)18-7-8-20(19-15-30(5)29-22(18)19)31-10-12-32(13-11-31)24(35)36-25(2,3)4/h6-9,14-15H,10-13H2,1-5H3,(H,26,34). The highest BCUT2D eigenvalue weighted by Crippen LogP contribution is 2.30. The van der Waals surface area contributed by atoms with Gasteiger partial charge in [0.15, 0.2) is 5.65 Å². The number of fused-ring (bicyclic) bond motifs is 2. The Hall–Kier alpha value is -4.15. The van der Waals surface area contributed by atoms with Crippen LogP contribution in [-0.2, 0) is 11.8 Å². The van der Waals surface area contributed by atoms with Crippen molar-refractivity contribution in [3.05, 3.63) is 48.0 Å². The summed E-state index contributed by atoms with van der Waals surface area (Å²) in [5.41, 5.74) is 2.94. The highest BCUT2D eigenvalue weighted by atomic mass is 16.6. The van der Waals surface area contributed by atoms with E-state index >= 15 is 0 Å². The van der Waals surface area contributed by atoms with Crippen LogP contribution in [0.1, 0.15) is 37.0 Å². The molecule has 0 bridgehead atoms. The molecule has 0 radical (unpaired) electrons. The lowest BCUT2D eigenvalue weighted by Gasteiger charge is -2.37. The van der Waals surface area contributed by atoms with Crippen molar-refractivity contribution in [3.8, 4) is 0 Å². The van der Waals surface area contributed by atoms with E-state index in [-0.39, 0.29) is 12.0 Å². The molecule has 1 saturated heterocycles. The first-order valence-electron chi connectivity index (χ1n) is 11.9. The van der Waals surface area contributed by atoms with Crippen molar-refractivity contribution in [3.63, 3.8) is 0 Å². The quantitative estimate of drug-likeness (QED) is 0.469. The molecule has 3 aromatic heterocycles. The van der Waals surface area contributed by atoms with Crippen LogP contribution in [0, 0.1) is 6.92 Å². The summed E-state index contributed by atoms with van der Waals surface area (Å²) in [4.78, 5) is 29.6. The molecule has 1 N–H and O–H groups in total. The molecule has 0 aliphatic carbocycles. The van der Waals surface area contributed by atoms with Gasteiger partial charge in [0.05, 0.1) is 11.3 Å². The highest BCUT2D eigenvalue weighted by molar-refractivity contribution is 6.13. The molecule has 2 amide bonds. The lowest BCUT2D eigenvalue weighted by molar-refractivity contribution is 0.0240. The van der Waals surface area contributed by atoms with E-state index < -0.39 is 5.60 Å². The molecular formula is C25H30N8O3. The average molecular weight is 491 g/mol. The summed E-state index contributed by atoms with van der Waals surface area (Å²) < 4.78 is 9.05. The van der Waals surface area contributed by atoms with Crippen molar-refractivity contribution >= 4 is 39.9 Å². The number of amides is 2. The van der Waals surface area contributed by atoms with Gasteiger partial charge < -0.3 is 19.9 Å². The van der Waals surface area contributed by atoms with Crippen LogP contribution in [0.2, 0.25) is 0 Å². The third kappa shape index (κ3) is 4.56. The second kappa shape index (κ2) is 8.81. The zero-order chi connectivity index (χ0) is 25.6. The van der Waals surface area contributed by atoms with Gasteiger partial charge in [-0.3, -0.25) is 13.9 Å². The van der Waals surface area contributed by atoms with Crippen LogP contribution >= 0.6 is 0 Å². The van der Waals surface area contributed by atoms with Crippen molar-refractivity contribution in [1.82, 2.24) is 29.3 Å². The number of rotatable bonds is 3. The number of carbonyl (C=O) groups excluding carboxylic acids is 2. The van der Waals surface area contributed by atoms with Gasteiger partial charge in [0.2, 0.25) is 0 Å². The molecular weight excluding hydrogens is 460 g/mol.